The monoisotopic (exact) mass is 502 g/mol. The Balaban J connectivity index is 1.81. The quantitative estimate of drug-likeness (QED) is 0.475. The van der Waals surface area contributed by atoms with Crippen LogP contribution in [0.2, 0.25) is 0 Å². The second-order valence-electron chi connectivity index (χ2n) is 6.70. The summed E-state index contributed by atoms with van der Waals surface area (Å²) in [6, 6.07) is 15.4. The first-order valence-corrected chi connectivity index (χ1v) is 11.2. The predicted molar refractivity (Wildman–Crippen MR) is 127 cm³/mol. The van der Waals surface area contributed by atoms with Crippen molar-refractivity contribution < 1.29 is 9.53 Å². The second-order valence-corrected chi connectivity index (χ2v) is 9.59. The lowest BCUT2D eigenvalue weighted by molar-refractivity contribution is -0.114. The molecule has 0 spiro atoms. The van der Waals surface area contributed by atoms with Crippen LogP contribution in [0.15, 0.2) is 58.5 Å². The molecular weight excluding hydrogens is 484 g/mol. The smallest absolute Gasteiger partial charge is 0.221 e. The zero-order valence-corrected chi connectivity index (χ0v) is 19.5. The molecule has 1 aromatic carbocycles. The third kappa shape index (κ3) is 4.05. The van der Waals surface area contributed by atoms with Gasteiger partial charge < -0.3 is 20.3 Å². The van der Waals surface area contributed by atoms with E-state index in [1.807, 2.05) is 42.5 Å². The van der Waals surface area contributed by atoms with Gasteiger partial charge in [-0.15, -0.1) is 11.3 Å². The van der Waals surface area contributed by atoms with Gasteiger partial charge in [0.25, 0.3) is 0 Å². The fraction of sp³-hybridized carbons (Fsp3) is 0.190. The van der Waals surface area contributed by atoms with Crippen LogP contribution in [0.4, 0.5) is 11.4 Å². The second kappa shape index (κ2) is 8.71. The summed E-state index contributed by atoms with van der Waals surface area (Å²) in [4.78, 5) is 19.4. The molecular formula is C21H19BrN4O2S2. The SMILES string of the molecule is COc1ccc(N2C(=S)N[C@H](c3ccccn3)[C@H]2c2ccc(Br)s2)cc1NC(C)=O. The maximum absolute atomic E-state index is 11.7. The molecule has 2 N–H and O–H groups in total. The standard InChI is InChI=1S/C21H19BrN4O2S2/c1-12(27)24-15-11-13(6-7-16(15)28-2)26-20(17-8-9-18(22)30-17)19(25-21(26)29)14-5-3-4-10-23-14/h3-11,19-20H,1-2H3,(H,24,27)(H,25,29)/t19-,20-/m1/s1. The Morgan fingerprint density at radius 3 is 2.77 bits per heavy atom. The molecule has 2 atom stereocenters. The molecule has 9 heteroatoms. The fourth-order valence-electron chi connectivity index (χ4n) is 3.54. The van der Waals surface area contributed by atoms with Crippen molar-refractivity contribution in [2.45, 2.75) is 19.0 Å². The minimum Gasteiger partial charge on any atom is -0.495 e. The Kier molecular flexibility index (Phi) is 6.03. The lowest BCUT2D eigenvalue weighted by Gasteiger charge is -2.27. The first-order valence-electron chi connectivity index (χ1n) is 9.19. The van der Waals surface area contributed by atoms with E-state index in [2.05, 4.69) is 42.5 Å². The molecule has 0 saturated carbocycles. The lowest BCUT2D eigenvalue weighted by Crippen LogP contribution is -2.29. The van der Waals surface area contributed by atoms with Crippen molar-refractivity contribution in [1.29, 1.82) is 0 Å². The highest BCUT2D eigenvalue weighted by Gasteiger charge is 2.41. The van der Waals surface area contributed by atoms with Gasteiger partial charge in [-0.25, -0.2) is 0 Å². The molecule has 0 unspecified atom stereocenters. The molecule has 4 rings (SSSR count). The van der Waals surface area contributed by atoms with Gasteiger partial charge in [0.2, 0.25) is 5.91 Å². The van der Waals surface area contributed by atoms with Gasteiger partial charge in [-0.1, -0.05) is 6.07 Å². The van der Waals surface area contributed by atoms with Crippen LogP contribution >= 0.6 is 39.5 Å². The minimum atomic E-state index is -0.169. The summed E-state index contributed by atoms with van der Waals surface area (Å²) in [5.74, 6) is 0.418. The van der Waals surface area contributed by atoms with Crippen LogP contribution < -0.4 is 20.3 Å². The molecule has 1 saturated heterocycles. The maximum Gasteiger partial charge on any atom is 0.221 e. The van der Waals surface area contributed by atoms with E-state index in [9.17, 15) is 4.79 Å². The van der Waals surface area contributed by atoms with E-state index in [-0.39, 0.29) is 18.0 Å². The number of benzene rings is 1. The zero-order valence-electron chi connectivity index (χ0n) is 16.3. The van der Waals surface area contributed by atoms with Gasteiger partial charge in [-0.2, -0.15) is 0 Å². The average molecular weight is 503 g/mol. The van der Waals surface area contributed by atoms with Crippen LogP contribution in [0.25, 0.3) is 0 Å². The van der Waals surface area contributed by atoms with Crippen molar-refractivity contribution in [2.75, 3.05) is 17.3 Å². The Hall–Kier alpha value is -2.49. The number of aromatic nitrogens is 1. The van der Waals surface area contributed by atoms with Crippen molar-refractivity contribution in [1.82, 2.24) is 10.3 Å². The van der Waals surface area contributed by atoms with Crippen molar-refractivity contribution in [3.8, 4) is 5.75 Å². The number of carbonyl (C=O) groups excluding carboxylic acids is 1. The molecule has 1 fully saturated rings. The number of hydrogen-bond donors (Lipinski definition) is 2. The van der Waals surface area contributed by atoms with E-state index in [1.54, 1.807) is 24.6 Å². The average Bonchev–Trinajstić information content (AvgIpc) is 3.31. The maximum atomic E-state index is 11.7. The van der Waals surface area contributed by atoms with Gasteiger partial charge in [0.15, 0.2) is 5.11 Å². The highest BCUT2D eigenvalue weighted by molar-refractivity contribution is 9.11. The summed E-state index contributed by atoms with van der Waals surface area (Å²) in [7, 11) is 1.57. The third-order valence-electron chi connectivity index (χ3n) is 4.76. The number of carbonyl (C=O) groups is 1. The van der Waals surface area contributed by atoms with E-state index in [1.165, 1.54) is 6.92 Å². The molecule has 1 aliphatic heterocycles. The van der Waals surface area contributed by atoms with Gasteiger partial charge >= 0.3 is 0 Å². The van der Waals surface area contributed by atoms with E-state index >= 15 is 0 Å². The third-order valence-corrected chi connectivity index (χ3v) is 6.76. The van der Waals surface area contributed by atoms with Crippen molar-refractivity contribution in [3.63, 3.8) is 0 Å². The summed E-state index contributed by atoms with van der Waals surface area (Å²) >= 11 is 11.0. The van der Waals surface area contributed by atoms with Crippen molar-refractivity contribution in [2.24, 2.45) is 0 Å². The van der Waals surface area contributed by atoms with Gasteiger partial charge in [0, 0.05) is 23.7 Å². The Labute approximate surface area is 192 Å². The van der Waals surface area contributed by atoms with Crippen LogP contribution in [-0.2, 0) is 4.79 Å². The normalized spacial score (nSPS) is 18.2. The number of anilines is 2. The highest BCUT2D eigenvalue weighted by atomic mass is 79.9. The molecule has 6 nitrogen and oxygen atoms in total. The van der Waals surface area contributed by atoms with Crippen LogP contribution in [0.1, 0.15) is 29.6 Å². The van der Waals surface area contributed by atoms with Crippen LogP contribution in [-0.4, -0.2) is 23.1 Å². The number of thiophene rings is 1. The van der Waals surface area contributed by atoms with Gasteiger partial charge in [0.1, 0.15) is 5.75 Å². The van der Waals surface area contributed by atoms with E-state index in [4.69, 9.17) is 17.0 Å². The molecule has 0 radical (unpaired) electrons. The molecule has 154 valence electrons. The number of halogens is 1. The number of methoxy groups -OCH3 is 1. The van der Waals surface area contributed by atoms with Crippen LogP contribution in [0.5, 0.6) is 5.75 Å². The Bertz CT molecular complexity index is 1090. The first kappa shape index (κ1) is 20.8. The predicted octanol–water partition coefficient (Wildman–Crippen LogP) is 5.05. The minimum absolute atomic E-state index is 0.0951. The van der Waals surface area contributed by atoms with Gasteiger partial charge in [-0.3, -0.25) is 9.78 Å². The van der Waals surface area contributed by atoms with Crippen LogP contribution in [0, 0.1) is 0 Å². The molecule has 3 heterocycles. The summed E-state index contributed by atoms with van der Waals surface area (Å²) < 4.78 is 6.45. The lowest BCUT2D eigenvalue weighted by atomic mass is 10.0. The number of nitrogens with zero attached hydrogens (tertiary/aromatic N) is 2. The summed E-state index contributed by atoms with van der Waals surface area (Å²) in [6.45, 7) is 1.47. The van der Waals surface area contributed by atoms with E-state index < -0.39 is 0 Å². The number of thiocarbonyl (C=S) groups is 1. The molecule has 2 aromatic heterocycles. The largest absolute Gasteiger partial charge is 0.495 e. The highest BCUT2D eigenvalue weighted by Crippen LogP contribution is 2.45. The molecule has 3 aromatic rings. The molecule has 0 bridgehead atoms. The Morgan fingerprint density at radius 1 is 1.30 bits per heavy atom. The number of amides is 1. The summed E-state index contributed by atoms with van der Waals surface area (Å²) in [5.41, 5.74) is 2.36. The number of nitrogens with one attached hydrogen (secondary N) is 2. The topological polar surface area (TPSA) is 66.5 Å². The molecule has 0 aliphatic carbocycles. The first-order chi connectivity index (χ1) is 14.5. The van der Waals surface area contributed by atoms with E-state index in [0.717, 1.165) is 20.0 Å². The van der Waals surface area contributed by atoms with Crippen molar-refractivity contribution >= 4 is 61.9 Å². The summed E-state index contributed by atoms with van der Waals surface area (Å²) in [6.07, 6.45) is 1.78. The van der Waals surface area contributed by atoms with Gasteiger partial charge in [0.05, 0.1) is 34.4 Å². The molecule has 1 amide bonds. The van der Waals surface area contributed by atoms with Crippen molar-refractivity contribution in [3.05, 3.63) is 69.1 Å². The van der Waals surface area contributed by atoms with Gasteiger partial charge in [-0.05, 0) is 70.6 Å². The van der Waals surface area contributed by atoms with E-state index in [0.29, 0.717) is 16.5 Å². The fourth-order valence-corrected chi connectivity index (χ4v) is 5.44. The number of ether oxygens (including phenoxy) is 1. The molecule has 1 aliphatic rings. The zero-order chi connectivity index (χ0) is 21.3. The number of pyridine rings is 1. The molecule has 30 heavy (non-hydrogen) atoms. The summed E-state index contributed by atoms with van der Waals surface area (Å²) in [5, 5.41) is 6.86. The number of rotatable bonds is 5. The Morgan fingerprint density at radius 2 is 2.13 bits per heavy atom. The number of hydrogen-bond acceptors (Lipinski definition) is 5. The van der Waals surface area contributed by atoms with Crippen LogP contribution in [0.3, 0.4) is 0 Å².